The SMILES string of the molecule is Cc1cc(CCCCCc2ccc(N)c(C)c2)ccc1N. The second-order valence-electron chi connectivity index (χ2n) is 5.94. The van der Waals surface area contributed by atoms with Crippen molar-refractivity contribution in [1.29, 1.82) is 0 Å². The van der Waals surface area contributed by atoms with Crippen LogP contribution in [-0.4, -0.2) is 0 Å². The van der Waals surface area contributed by atoms with Gasteiger partial charge in [0.2, 0.25) is 0 Å². The average Bonchev–Trinajstić information content (AvgIpc) is 2.46. The summed E-state index contributed by atoms with van der Waals surface area (Å²) in [5.41, 5.74) is 18.6. The summed E-state index contributed by atoms with van der Waals surface area (Å²) in [4.78, 5) is 0. The molecule has 0 amide bonds. The van der Waals surface area contributed by atoms with E-state index in [1.54, 1.807) is 0 Å². The van der Waals surface area contributed by atoms with Crippen molar-refractivity contribution in [2.45, 2.75) is 46.0 Å². The van der Waals surface area contributed by atoms with E-state index in [4.69, 9.17) is 11.5 Å². The molecule has 0 aliphatic heterocycles. The van der Waals surface area contributed by atoms with Crippen LogP contribution in [0.25, 0.3) is 0 Å². The molecule has 0 fully saturated rings. The first-order chi connectivity index (χ1) is 10.1. The number of anilines is 2. The highest BCUT2D eigenvalue weighted by molar-refractivity contribution is 5.48. The summed E-state index contributed by atoms with van der Waals surface area (Å²) in [5, 5.41) is 0. The van der Waals surface area contributed by atoms with E-state index < -0.39 is 0 Å². The average molecular weight is 282 g/mol. The molecule has 0 aromatic heterocycles. The quantitative estimate of drug-likeness (QED) is 0.608. The summed E-state index contributed by atoms with van der Waals surface area (Å²) in [6.07, 6.45) is 6.01. The van der Waals surface area contributed by atoms with Gasteiger partial charge in [-0.25, -0.2) is 0 Å². The van der Waals surface area contributed by atoms with Gasteiger partial charge >= 0.3 is 0 Å². The van der Waals surface area contributed by atoms with Crippen LogP contribution in [-0.2, 0) is 12.8 Å². The van der Waals surface area contributed by atoms with E-state index in [9.17, 15) is 0 Å². The highest BCUT2D eigenvalue weighted by atomic mass is 14.6. The summed E-state index contributed by atoms with van der Waals surface area (Å²) < 4.78 is 0. The molecule has 2 nitrogen and oxygen atoms in total. The van der Waals surface area contributed by atoms with Crippen molar-refractivity contribution < 1.29 is 0 Å². The van der Waals surface area contributed by atoms with Gasteiger partial charge in [-0.05, 0) is 73.9 Å². The minimum absolute atomic E-state index is 0.887. The van der Waals surface area contributed by atoms with Crippen LogP contribution >= 0.6 is 0 Å². The van der Waals surface area contributed by atoms with Gasteiger partial charge in [-0.3, -0.25) is 0 Å². The summed E-state index contributed by atoms with van der Waals surface area (Å²) in [6.45, 7) is 4.14. The molecule has 0 aliphatic rings. The third-order valence-corrected chi connectivity index (χ3v) is 4.10. The molecule has 2 rings (SSSR count). The first-order valence-corrected chi connectivity index (χ1v) is 7.76. The highest BCUT2D eigenvalue weighted by Crippen LogP contribution is 2.17. The topological polar surface area (TPSA) is 52.0 Å². The standard InChI is InChI=1S/C19H26N2/c1-14-12-16(8-10-18(14)20)6-4-3-5-7-17-9-11-19(21)15(2)13-17/h8-13H,3-7,20-21H2,1-2H3. The largest absolute Gasteiger partial charge is 0.399 e. The third-order valence-electron chi connectivity index (χ3n) is 4.10. The molecule has 0 saturated heterocycles. The third kappa shape index (κ3) is 4.52. The van der Waals surface area contributed by atoms with Crippen LogP contribution in [0.2, 0.25) is 0 Å². The predicted molar refractivity (Wildman–Crippen MR) is 92.4 cm³/mol. The molecule has 0 spiro atoms. The Balaban J connectivity index is 1.72. The van der Waals surface area contributed by atoms with Crippen molar-refractivity contribution in [2.75, 3.05) is 11.5 Å². The zero-order valence-electron chi connectivity index (χ0n) is 13.2. The van der Waals surface area contributed by atoms with Crippen LogP contribution in [0.1, 0.15) is 41.5 Å². The fourth-order valence-electron chi connectivity index (χ4n) is 2.62. The number of aryl methyl sites for hydroxylation is 4. The summed E-state index contributed by atoms with van der Waals surface area (Å²) in [7, 11) is 0. The zero-order valence-corrected chi connectivity index (χ0v) is 13.2. The first kappa shape index (κ1) is 15.4. The van der Waals surface area contributed by atoms with Gasteiger partial charge in [0.15, 0.2) is 0 Å². The van der Waals surface area contributed by atoms with E-state index >= 15 is 0 Å². The number of nitrogens with two attached hydrogens (primary N) is 2. The lowest BCUT2D eigenvalue weighted by molar-refractivity contribution is 0.678. The van der Waals surface area contributed by atoms with E-state index in [1.165, 1.54) is 41.5 Å². The lowest BCUT2D eigenvalue weighted by Gasteiger charge is -2.07. The lowest BCUT2D eigenvalue weighted by atomic mass is 10.0. The van der Waals surface area contributed by atoms with Crippen LogP contribution < -0.4 is 11.5 Å². The Kier molecular flexibility index (Phi) is 5.26. The monoisotopic (exact) mass is 282 g/mol. The minimum atomic E-state index is 0.887. The van der Waals surface area contributed by atoms with Crippen LogP contribution in [0, 0.1) is 13.8 Å². The van der Waals surface area contributed by atoms with Gasteiger partial charge < -0.3 is 11.5 Å². The van der Waals surface area contributed by atoms with Gasteiger partial charge in [0, 0.05) is 11.4 Å². The molecular formula is C19H26N2. The van der Waals surface area contributed by atoms with Crippen molar-refractivity contribution in [1.82, 2.24) is 0 Å². The Morgan fingerprint density at radius 1 is 0.667 bits per heavy atom. The van der Waals surface area contributed by atoms with Crippen molar-refractivity contribution in [3.63, 3.8) is 0 Å². The van der Waals surface area contributed by atoms with Crippen LogP contribution in [0.4, 0.5) is 11.4 Å². The van der Waals surface area contributed by atoms with Gasteiger partial charge in [-0.2, -0.15) is 0 Å². The smallest absolute Gasteiger partial charge is 0.0343 e. The Bertz CT molecular complexity index is 549. The van der Waals surface area contributed by atoms with Crippen molar-refractivity contribution in [3.8, 4) is 0 Å². The molecule has 4 N–H and O–H groups in total. The molecule has 2 aromatic carbocycles. The predicted octanol–water partition coefficient (Wildman–Crippen LogP) is 4.42. The summed E-state index contributed by atoms with van der Waals surface area (Å²) in [5.74, 6) is 0. The van der Waals surface area contributed by atoms with E-state index in [2.05, 4.69) is 38.1 Å². The molecule has 0 bridgehead atoms. The van der Waals surface area contributed by atoms with Crippen molar-refractivity contribution >= 4 is 11.4 Å². The Morgan fingerprint density at radius 2 is 1.10 bits per heavy atom. The van der Waals surface area contributed by atoms with Crippen molar-refractivity contribution in [2.24, 2.45) is 0 Å². The van der Waals surface area contributed by atoms with Crippen molar-refractivity contribution in [3.05, 3.63) is 58.7 Å². The molecule has 2 aromatic rings. The van der Waals surface area contributed by atoms with E-state index in [-0.39, 0.29) is 0 Å². The maximum Gasteiger partial charge on any atom is 0.0343 e. The minimum Gasteiger partial charge on any atom is -0.399 e. The number of unbranched alkanes of at least 4 members (excludes halogenated alkanes) is 2. The molecule has 0 unspecified atom stereocenters. The summed E-state index contributed by atoms with van der Waals surface area (Å²) >= 11 is 0. The molecule has 0 aliphatic carbocycles. The van der Waals surface area contributed by atoms with Gasteiger partial charge in [0.25, 0.3) is 0 Å². The number of benzene rings is 2. The first-order valence-electron chi connectivity index (χ1n) is 7.76. The number of nitrogen functional groups attached to an aromatic ring is 2. The Labute approximate surface area is 128 Å². The number of rotatable bonds is 6. The van der Waals surface area contributed by atoms with E-state index in [1.807, 2.05) is 12.1 Å². The number of hydrogen-bond acceptors (Lipinski definition) is 2. The van der Waals surface area contributed by atoms with E-state index in [0.717, 1.165) is 24.2 Å². The molecule has 0 saturated carbocycles. The maximum absolute atomic E-state index is 5.84. The second kappa shape index (κ2) is 7.16. The molecule has 2 heteroatoms. The molecule has 0 atom stereocenters. The molecule has 0 heterocycles. The van der Waals surface area contributed by atoms with Gasteiger partial charge in [0.05, 0.1) is 0 Å². The van der Waals surface area contributed by atoms with Gasteiger partial charge in [0.1, 0.15) is 0 Å². The molecule has 21 heavy (non-hydrogen) atoms. The molecule has 112 valence electrons. The second-order valence-corrected chi connectivity index (χ2v) is 5.94. The maximum atomic E-state index is 5.84. The number of hydrogen-bond donors (Lipinski definition) is 2. The summed E-state index contributed by atoms with van der Waals surface area (Å²) in [6, 6.07) is 12.7. The van der Waals surface area contributed by atoms with Gasteiger partial charge in [-0.1, -0.05) is 30.7 Å². The normalized spacial score (nSPS) is 10.8. The van der Waals surface area contributed by atoms with Gasteiger partial charge in [-0.15, -0.1) is 0 Å². The van der Waals surface area contributed by atoms with Crippen LogP contribution in [0.5, 0.6) is 0 Å². The lowest BCUT2D eigenvalue weighted by Crippen LogP contribution is -1.94. The zero-order chi connectivity index (χ0) is 15.2. The Morgan fingerprint density at radius 3 is 1.48 bits per heavy atom. The van der Waals surface area contributed by atoms with Crippen LogP contribution in [0.15, 0.2) is 36.4 Å². The molecule has 0 radical (unpaired) electrons. The highest BCUT2D eigenvalue weighted by Gasteiger charge is 1.99. The van der Waals surface area contributed by atoms with Crippen LogP contribution in [0.3, 0.4) is 0 Å². The van der Waals surface area contributed by atoms with E-state index in [0.29, 0.717) is 0 Å². The Hall–Kier alpha value is -1.96. The fraction of sp³-hybridized carbons (Fsp3) is 0.368. The fourth-order valence-corrected chi connectivity index (χ4v) is 2.62. The molecular weight excluding hydrogens is 256 g/mol.